The van der Waals surface area contributed by atoms with E-state index in [4.69, 9.17) is 4.74 Å². The monoisotopic (exact) mass is 321 g/mol. The predicted molar refractivity (Wildman–Crippen MR) is 93.7 cm³/mol. The molecule has 1 aliphatic carbocycles. The van der Waals surface area contributed by atoms with Gasteiger partial charge in [-0.25, -0.2) is 0 Å². The molecular formula is C21H23NO2. The number of benzene rings is 2. The Morgan fingerprint density at radius 1 is 1.12 bits per heavy atom. The van der Waals surface area contributed by atoms with E-state index in [1.807, 2.05) is 0 Å². The molecule has 3 atom stereocenters. The van der Waals surface area contributed by atoms with Gasteiger partial charge in [-0.3, -0.25) is 9.69 Å². The van der Waals surface area contributed by atoms with E-state index < -0.39 is 0 Å². The van der Waals surface area contributed by atoms with Crippen LogP contribution in [0, 0.1) is 0 Å². The summed E-state index contributed by atoms with van der Waals surface area (Å²) in [6.07, 6.45) is 1.95. The van der Waals surface area contributed by atoms with Crippen molar-refractivity contribution < 1.29 is 9.53 Å². The second-order valence-corrected chi connectivity index (χ2v) is 6.89. The van der Waals surface area contributed by atoms with E-state index in [-0.39, 0.29) is 12.1 Å². The molecule has 2 aliphatic rings. The van der Waals surface area contributed by atoms with Crippen molar-refractivity contribution in [2.45, 2.75) is 44.4 Å². The number of ether oxygens (including phenoxy) is 1. The van der Waals surface area contributed by atoms with E-state index >= 15 is 0 Å². The maximum Gasteiger partial charge on any atom is 0.302 e. The van der Waals surface area contributed by atoms with E-state index in [2.05, 4.69) is 59.5 Å². The lowest BCUT2D eigenvalue weighted by atomic mass is 9.85. The smallest absolute Gasteiger partial charge is 0.302 e. The van der Waals surface area contributed by atoms with Crippen LogP contribution in [0.1, 0.15) is 36.0 Å². The second kappa shape index (κ2) is 6.40. The molecule has 0 saturated carbocycles. The summed E-state index contributed by atoms with van der Waals surface area (Å²) < 4.78 is 5.69. The van der Waals surface area contributed by atoms with Gasteiger partial charge in [0.05, 0.1) is 0 Å². The van der Waals surface area contributed by atoms with Gasteiger partial charge in [-0.05, 0) is 29.5 Å². The van der Waals surface area contributed by atoms with Crippen molar-refractivity contribution in [3.05, 3.63) is 71.3 Å². The Kier molecular flexibility index (Phi) is 4.11. The van der Waals surface area contributed by atoms with Gasteiger partial charge < -0.3 is 4.74 Å². The number of hydrogen-bond acceptors (Lipinski definition) is 3. The minimum absolute atomic E-state index is 0.00294. The number of fused-ring (bicyclic) bond motifs is 3. The Morgan fingerprint density at radius 2 is 1.88 bits per heavy atom. The Balaban J connectivity index is 1.62. The molecule has 1 fully saturated rings. The number of nitrogens with zero attached hydrogens (tertiary/aromatic N) is 1. The van der Waals surface area contributed by atoms with Crippen LogP contribution in [0.2, 0.25) is 0 Å². The van der Waals surface area contributed by atoms with E-state index in [1.165, 1.54) is 23.6 Å². The molecule has 3 heteroatoms. The van der Waals surface area contributed by atoms with Crippen LogP contribution in [-0.2, 0) is 22.5 Å². The minimum Gasteiger partial charge on any atom is -0.462 e. The van der Waals surface area contributed by atoms with Crippen molar-refractivity contribution in [2.24, 2.45) is 0 Å². The zero-order valence-electron chi connectivity index (χ0n) is 14.0. The molecular weight excluding hydrogens is 298 g/mol. The fraction of sp³-hybridized carbons (Fsp3) is 0.381. The first-order valence-corrected chi connectivity index (χ1v) is 8.75. The summed E-state index contributed by atoms with van der Waals surface area (Å²) in [5.41, 5.74) is 4.12. The van der Waals surface area contributed by atoms with Crippen LogP contribution in [0.25, 0.3) is 0 Å². The number of esters is 1. The van der Waals surface area contributed by atoms with E-state index in [9.17, 15) is 4.79 Å². The van der Waals surface area contributed by atoms with Gasteiger partial charge in [0, 0.05) is 32.0 Å². The third-order valence-electron chi connectivity index (χ3n) is 5.37. The Morgan fingerprint density at radius 3 is 2.67 bits per heavy atom. The molecule has 24 heavy (non-hydrogen) atoms. The molecule has 3 nitrogen and oxygen atoms in total. The topological polar surface area (TPSA) is 29.5 Å². The largest absolute Gasteiger partial charge is 0.462 e. The van der Waals surface area contributed by atoms with Gasteiger partial charge >= 0.3 is 5.97 Å². The maximum absolute atomic E-state index is 11.5. The van der Waals surface area contributed by atoms with Gasteiger partial charge in [-0.15, -0.1) is 0 Å². The third-order valence-corrected chi connectivity index (χ3v) is 5.37. The second-order valence-electron chi connectivity index (χ2n) is 6.89. The fourth-order valence-electron chi connectivity index (χ4n) is 4.41. The maximum atomic E-state index is 11.5. The standard InChI is InChI=1S/C21H23NO2/c1-15(23)24-20-11-12-22(14-16-7-3-2-4-8-16)19-13-17-9-5-6-10-18(17)21(19)20/h2-10,19-21H,11-14H2,1H3/t19-,20-,21+/m1/s1. The summed E-state index contributed by atoms with van der Waals surface area (Å²) in [6.45, 7) is 3.46. The molecule has 1 heterocycles. The molecule has 2 aromatic rings. The first-order chi connectivity index (χ1) is 11.7. The normalized spacial score (nSPS) is 25.8. The van der Waals surface area contributed by atoms with Crippen LogP contribution in [0.3, 0.4) is 0 Å². The summed E-state index contributed by atoms with van der Waals surface area (Å²) in [7, 11) is 0. The zero-order chi connectivity index (χ0) is 16.5. The van der Waals surface area contributed by atoms with Crippen molar-refractivity contribution in [3.63, 3.8) is 0 Å². The van der Waals surface area contributed by atoms with Gasteiger partial charge in [-0.1, -0.05) is 54.6 Å². The van der Waals surface area contributed by atoms with Crippen LogP contribution < -0.4 is 0 Å². The minimum atomic E-state index is -0.167. The highest BCUT2D eigenvalue weighted by molar-refractivity contribution is 5.66. The number of carbonyl (C=O) groups is 1. The molecule has 1 saturated heterocycles. The highest BCUT2D eigenvalue weighted by Crippen LogP contribution is 2.43. The number of rotatable bonds is 3. The highest BCUT2D eigenvalue weighted by Gasteiger charge is 2.45. The molecule has 0 aromatic heterocycles. The predicted octanol–water partition coefficient (Wildman–Crippen LogP) is 3.53. The lowest BCUT2D eigenvalue weighted by molar-refractivity contribution is -0.151. The van der Waals surface area contributed by atoms with Gasteiger partial charge in [-0.2, -0.15) is 0 Å². The number of piperidine rings is 1. The summed E-state index contributed by atoms with van der Waals surface area (Å²) in [5.74, 6) is 0.127. The van der Waals surface area contributed by atoms with E-state index in [1.54, 1.807) is 0 Å². The van der Waals surface area contributed by atoms with Gasteiger partial charge in [0.25, 0.3) is 0 Å². The summed E-state index contributed by atoms with van der Waals surface area (Å²) in [4.78, 5) is 14.1. The van der Waals surface area contributed by atoms with Crippen LogP contribution in [-0.4, -0.2) is 29.6 Å². The first kappa shape index (κ1) is 15.4. The van der Waals surface area contributed by atoms with Crippen molar-refractivity contribution in [1.82, 2.24) is 4.90 Å². The molecule has 1 aliphatic heterocycles. The molecule has 0 spiro atoms. The summed E-state index contributed by atoms with van der Waals surface area (Å²) in [5, 5.41) is 0. The quantitative estimate of drug-likeness (QED) is 0.810. The van der Waals surface area contributed by atoms with Gasteiger partial charge in [0.1, 0.15) is 6.10 Å². The van der Waals surface area contributed by atoms with Crippen molar-refractivity contribution in [1.29, 1.82) is 0 Å². The SMILES string of the molecule is CC(=O)O[C@@H]1CCN(Cc2ccccc2)[C@@H]2Cc3ccccc3[C@@H]21. The summed E-state index contributed by atoms with van der Waals surface area (Å²) in [6, 6.07) is 19.7. The lowest BCUT2D eigenvalue weighted by Crippen LogP contribution is -2.49. The number of carbonyl (C=O) groups excluding carboxylic acids is 1. The Hall–Kier alpha value is -2.13. The zero-order valence-corrected chi connectivity index (χ0v) is 14.0. The number of hydrogen-bond donors (Lipinski definition) is 0. The molecule has 0 unspecified atom stereocenters. The third kappa shape index (κ3) is 2.84. The number of likely N-dealkylation sites (tertiary alicyclic amines) is 1. The Labute approximate surface area is 143 Å². The molecule has 0 bridgehead atoms. The van der Waals surface area contributed by atoms with Crippen LogP contribution in [0.4, 0.5) is 0 Å². The average Bonchev–Trinajstić information content (AvgIpc) is 2.98. The molecule has 124 valence electrons. The van der Waals surface area contributed by atoms with E-state index in [0.29, 0.717) is 12.0 Å². The highest BCUT2D eigenvalue weighted by atomic mass is 16.5. The molecule has 4 rings (SSSR count). The van der Waals surface area contributed by atoms with Crippen LogP contribution in [0.5, 0.6) is 0 Å². The van der Waals surface area contributed by atoms with Gasteiger partial charge in [0.15, 0.2) is 0 Å². The first-order valence-electron chi connectivity index (χ1n) is 8.75. The lowest BCUT2D eigenvalue weighted by Gasteiger charge is -2.42. The fourth-order valence-corrected chi connectivity index (χ4v) is 4.41. The average molecular weight is 321 g/mol. The van der Waals surface area contributed by atoms with E-state index in [0.717, 1.165) is 25.9 Å². The van der Waals surface area contributed by atoms with Crippen LogP contribution in [0.15, 0.2) is 54.6 Å². The Bertz CT molecular complexity index is 728. The van der Waals surface area contributed by atoms with Crippen LogP contribution >= 0.6 is 0 Å². The summed E-state index contributed by atoms with van der Waals surface area (Å²) >= 11 is 0. The molecule has 0 N–H and O–H groups in total. The van der Waals surface area contributed by atoms with Crippen molar-refractivity contribution in [3.8, 4) is 0 Å². The molecule has 0 amide bonds. The van der Waals surface area contributed by atoms with Gasteiger partial charge in [0.2, 0.25) is 0 Å². The van der Waals surface area contributed by atoms with Crippen molar-refractivity contribution in [2.75, 3.05) is 6.54 Å². The van der Waals surface area contributed by atoms with Crippen molar-refractivity contribution >= 4 is 5.97 Å². The molecule has 2 aromatic carbocycles. The molecule has 0 radical (unpaired) electrons.